The monoisotopic (exact) mass is 358 g/mol. The zero-order chi connectivity index (χ0) is 16.0. The first kappa shape index (κ1) is 17.4. The summed E-state index contributed by atoms with van der Waals surface area (Å²) in [6.45, 7) is 4.02. The Hall–Kier alpha value is -1.63. The number of halogens is 1. The summed E-state index contributed by atoms with van der Waals surface area (Å²) in [5.74, 6) is -0.118. The minimum atomic E-state index is -0.561. The molecule has 7 heteroatoms. The van der Waals surface area contributed by atoms with Gasteiger partial charge < -0.3 is 10.1 Å². The van der Waals surface area contributed by atoms with E-state index in [2.05, 4.69) is 21.2 Å². The molecule has 0 spiro atoms. The Kier molecular flexibility index (Phi) is 6.61. The standard InChI is InChI=1S/C14H19BrN2O4/c1-9(2)11(7-8-15)16-14(18)10-5-4-6-12(17(19)20)13(10)21-3/h4-6,9,11H,7-8H2,1-3H3,(H,16,18). The molecule has 0 radical (unpaired) electrons. The van der Waals surface area contributed by atoms with Gasteiger partial charge in [-0.1, -0.05) is 35.8 Å². The van der Waals surface area contributed by atoms with Gasteiger partial charge in [-0.25, -0.2) is 0 Å². The van der Waals surface area contributed by atoms with E-state index in [9.17, 15) is 14.9 Å². The first-order valence-electron chi connectivity index (χ1n) is 6.60. The van der Waals surface area contributed by atoms with Gasteiger partial charge >= 0.3 is 5.69 Å². The molecule has 21 heavy (non-hydrogen) atoms. The highest BCUT2D eigenvalue weighted by Crippen LogP contribution is 2.30. The maximum atomic E-state index is 12.4. The molecule has 0 heterocycles. The molecule has 116 valence electrons. The van der Waals surface area contributed by atoms with E-state index in [1.165, 1.54) is 25.3 Å². The number of alkyl halides is 1. The molecule has 0 bridgehead atoms. The molecule has 1 unspecified atom stereocenters. The number of rotatable bonds is 7. The average Bonchev–Trinajstić information content (AvgIpc) is 2.45. The molecule has 1 rings (SSSR count). The first-order chi connectivity index (χ1) is 9.92. The molecule has 0 saturated carbocycles. The summed E-state index contributed by atoms with van der Waals surface area (Å²) in [6, 6.07) is 4.30. The van der Waals surface area contributed by atoms with Gasteiger partial charge in [0.25, 0.3) is 5.91 Å². The van der Waals surface area contributed by atoms with Gasteiger partial charge in [-0.15, -0.1) is 0 Å². The normalized spacial score (nSPS) is 12.0. The third kappa shape index (κ3) is 4.42. The number of hydrogen-bond donors (Lipinski definition) is 1. The fourth-order valence-corrected chi connectivity index (χ4v) is 2.49. The Morgan fingerprint density at radius 1 is 1.48 bits per heavy atom. The zero-order valence-electron chi connectivity index (χ0n) is 12.3. The van der Waals surface area contributed by atoms with E-state index in [-0.39, 0.29) is 34.9 Å². The predicted molar refractivity (Wildman–Crippen MR) is 84.2 cm³/mol. The Balaban J connectivity index is 3.07. The van der Waals surface area contributed by atoms with Crippen LogP contribution < -0.4 is 10.1 Å². The lowest BCUT2D eigenvalue weighted by molar-refractivity contribution is -0.385. The van der Waals surface area contributed by atoms with E-state index in [1.54, 1.807) is 0 Å². The fraction of sp³-hybridized carbons (Fsp3) is 0.500. The van der Waals surface area contributed by atoms with Crippen LogP contribution in [-0.4, -0.2) is 29.3 Å². The van der Waals surface area contributed by atoms with Crippen LogP contribution in [0.1, 0.15) is 30.6 Å². The molecule has 0 aromatic heterocycles. The molecular formula is C14H19BrN2O4. The van der Waals surface area contributed by atoms with Gasteiger partial charge in [-0.2, -0.15) is 0 Å². The second-order valence-corrected chi connectivity index (χ2v) is 5.71. The number of ether oxygens (including phenoxy) is 1. The van der Waals surface area contributed by atoms with Gasteiger partial charge in [0.1, 0.15) is 0 Å². The Morgan fingerprint density at radius 2 is 2.14 bits per heavy atom. The number of nitrogens with one attached hydrogen (secondary N) is 1. The van der Waals surface area contributed by atoms with E-state index >= 15 is 0 Å². The summed E-state index contributed by atoms with van der Waals surface area (Å²) in [5, 5.41) is 14.6. The van der Waals surface area contributed by atoms with Gasteiger partial charge in [-0.05, 0) is 18.4 Å². The lowest BCUT2D eigenvalue weighted by atomic mass is 10.0. The van der Waals surface area contributed by atoms with E-state index in [0.717, 1.165) is 11.8 Å². The van der Waals surface area contributed by atoms with Crippen LogP contribution in [0.4, 0.5) is 5.69 Å². The molecule has 0 aliphatic carbocycles. The first-order valence-corrected chi connectivity index (χ1v) is 7.72. The summed E-state index contributed by atoms with van der Waals surface area (Å²) in [5.41, 5.74) is -0.0429. The molecule has 1 atom stereocenters. The van der Waals surface area contributed by atoms with E-state index < -0.39 is 4.92 Å². The van der Waals surface area contributed by atoms with Crippen molar-refractivity contribution in [3.05, 3.63) is 33.9 Å². The molecule has 1 amide bonds. The Labute approximate surface area is 132 Å². The van der Waals surface area contributed by atoms with Crippen molar-refractivity contribution in [3.8, 4) is 5.75 Å². The highest BCUT2D eigenvalue weighted by atomic mass is 79.9. The largest absolute Gasteiger partial charge is 0.490 e. The van der Waals surface area contributed by atoms with Gasteiger partial charge in [0.05, 0.1) is 17.6 Å². The molecule has 1 aromatic carbocycles. The van der Waals surface area contributed by atoms with Crippen molar-refractivity contribution in [1.82, 2.24) is 5.32 Å². The predicted octanol–water partition coefficient (Wildman–Crippen LogP) is 3.14. The molecule has 0 fully saturated rings. The molecular weight excluding hydrogens is 340 g/mol. The third-order valence-corrected chi connectivity index (χ3v) is 3.64. The highest BCUT2D eigenvalue weighted by molar-refractivity contribution is 9.09. The van der Waals surface area contributed by atoms with Crippen LogP contribution in [-0.2, 0) is 0 Å². The van der Waals surface area contributed by atoms with Gasteiger partial charge in [0, 0.05) is 17.4 Å². The number of para-hydroxylation sites is 1. The van der Waals surface area contributed by atoms with E-state index in [0.29, 0.717) is 0 Å². The van der Waals surface area contributed by atoms with Crippen LogP contribution in [0.5, 0.6) is 5.75 Å². The minimum absolute atomic E-state index is 0.0126. The number of nitro benzene ring substituents is 1. The highest BCUT2D eigenvalue weighted by Gasteiger charge is 2.24. The number of hydrogen-bond acceptors (Lipinski definition) is 4. The molecule has 0 saturated heterocycles. The zero-order valence-corrected chi connectivity index (χ0v) is 13.8. The topological polar surface area (TPSA) is 81.5 Å². The number of nitrogens with zero attached hydrogens (tertiary/aromatic N) is 1. The summed E-state index contributed by atoms with van der Waals surface area (Å²) >= 11 is 3.36. The van der Waals surface area contributed by atoms with Crippen LogP contribution in [0.15, 0.2) is 18.2 Å². The van der Waals surface area contributed by atoms with Crippen molar-refractivity contribution in [1.29, 1.82) is 0 Å². The van der Waals surface area contributed by atoms with Crippen LogP contribution in [0.2, 0.25) is 0 Å². The van der Waals surface area contributed by atoms with Crippen LogP contribution in [0, 0.1) is 16.0 Å². The maximum Gasteiger partial charge on any atom is 0.311 e. The smallest absolute Gasteiger partial charge is 0.311 e. The fourth-order valence-electron chi connectivity index (χ4n) is 2.00. The molecule has 6 nitrogen and oxygen atoms in total. The van der Waals surface area contributed by atoms with Crippen LogP contribution in [0.3, 0.4) is 0 Å². The second kappa shape index (κ2) is 7.97. The van der Waals surface area contributed by atoms with Gasteiger partial charge in [0.15, 0.2) is 0 Å². The van der Waals surface area contributed by atoms with Gasteiger partial charge in [0.2, 0.25) is 5.75 Å². The lowest BCUT2D eigenvalue weighted by Crippen LogP contribution is -2.39. The average molecular weight is 359 g/mol. The van der Waals surface area contributed by atoms with Crippen molar-refractivity contribution < 1.29 is 14.5 Å². The van der Waals surface area contributed by atoms with Crippen molar-refractivity contribution in [3.63, 3.8) is 0 Å². The van der Waals surface area contributed by atoms with Crippen molar-refractivity contribution >= 4 is 27.5 Å². The summed E-state index contributed by atoms with van der Waals surface area (Å²) in [6.07, 6.45) is 0.778. The number of nitro groups is 1. The van der Waals surface area contributed by atoms with Crippen molar-refractivity contribution in [2.24, 2.45) is 5.92 Å². The summed E-state index contributed by atoms with van der Waals surface area (Å²) in [7, 11) is 1.32. The Morgan fingerprint density at radius 3 is 2.62 bits per heavy atom. The number of carbonyl (C=O) groups excluding carboxylic acids is 1. The maximum absolute atomic E-state index is 12.4. The van der Waals surface area contributed by atoms with Gasteiger partial charge in [-0.3, -0.25) is 14.9 Å². The minimum Gasteiger partial charge on any atom is -0.490 e. The SMILES string of the molecule is COc1c(C(=O)NC(CCBr)C(C)C)cccc1[N+](=O)[O-]. The Bertz CT molecular complexity index is 520. The molecule has 1 aromatic rings. The number of amides is 1. The third-order valence-electron chi connectivity index (χ3n) is 3.18. The van der Waals surface area contributed by atoms with Crippen LogP contribution in [0.25, 0.3) is 0 Å². The lowest BCUT2D eigenvalue weighted by Gasteiger charge is -2.22. The molecule has 0 aliphatic rings. The van der Waals surface area contributed by atoms with Crippen LogP contribution >= 0.6 is 15.9 Å². The van der Waals surface area contributed by atoms with E-state index in [1.807, 2.05) is 13.8 Å². The van der Waals surface area contributed by atoms with Crippen molar-refractivity contribution in [2.45, 2.75) is 26.3 Å². The summed E-state index contributed by atoms with van der Waals surface area (Å²) < 4.78 is 5.05. The number of methoxy groups -OCH3 is 1. The molecule has 0 aliphatic heterocycles. The number of carbonyl (C=O) groups is 1. The molecule has 1 N–H and O–H groups in total. The van der Waals surface area contributed by atoms with E-state index in [4.69, 9.17) is 4.74 Å². The second-order valence-electron chi connectivity index (χ2n) is 4.92. The number of benzene rings is 1. The van der Waals surface area contributed by atoms with Crippen molar-refractivity contribution in [2.75, 3.05) is 12.4 Å². The summed E-state index contributed by atoms with van der Waals surface area (Å²) in [4.78, 5) is 22.8. The quantitative estimate of drug-likeness (QED) is 0.461.